The van der Waals surface area contributed by atoms with Crippen LogP contribution in [0.15, 0.2) is 27.9 Å². The summed E-state index contributed by atoms with van der Waals surface area (Å²) >= 11 is 0. The number of aromatic nitrogens is 3. The number of hydrogen-bond acceptors (Lipinski definition) is 5. The molecule has 4 heterocycles. The smallest absolute Gasteiger partial charge is 0.270 e. The molecule has 0 unspecified atom stereocenters. The maximum absolute atomic E-state index is 12.4. The Hall–Kier alpha value is -1.41. The van der Waals surface area contributed by atoms with E-state index in [-0.39, 0.29) is 42.0 Å². The van der Waals surface area contributed by atoms with Gasteiger partial charge in [0, 0.05) is 25.2 Å². The maximum atomic E-state index is 12.4. The Bertz CT molecular complexity index is 852. The summed E-state index contributed by atoms with van der Waals surface area (Å²) in [6, 6.07) is 3.61. The minimum Gasteiger partial charge on any atom is -0.328 e. The summed E-state index contributed by atoms with van der Waals surface area (Å²) in [5.74, 6) is 0. The third-order valence-electron chi connectivity index (χ3n) is 5.07. The predicted octanol–water partition coefficient (Wildman–Crippen LogP) is 0.770. The van der Waals surface area contributed by atoms with Crippen molar-refractivity contribution in [1.29, 1.82) is 0 Å². The minimum absolute atomic E-state index is 0. The Morgan fingerprint density at radius 2 is 1.76 bits per heavy atom. The number of likely N-dealkylation sites (tertiary alicyclic amines) is 1. The molecule has 0 radical (unpaired) electrons. The van der Waals surface area contributed by atoms with Crippen LogP contribution >= 0.6 is 24.8 Å². The van der Waals surface area contributed by atoms with Gasteiger partial charge in [-0.25, -0.2) is 4.98 Å². The first kappa shape index (κ1) is 19.9. The van der Waals surface area contributed by atoms with E-state index in [0.29, 0.717) is 23.8 Å². The molecule has 1 saturated heterocycles. The van der Waals surface area contributed by atoms with Gasteiger partial charge in [0.2, 0.25) is 0 Å². The second-order valence-electron chi connectivity index (χ2n) is 6.58. The largest absolute Gasteiger partial charge is 0.328 e. The van der Waals surface area contributed by atoms with Crippen molar-refractivity contribution in [2.75, 3.05) is 19.6 Å². The van der Waals surface area contributed by atoms with Gasteiger partial charge in [-0.15, -0.1) is 24.8 Å². The lowest BCUT2D eigenvalue weighted by Crippen LogP contribution is -2.45. The molecule has 2 aliphatic heterocycles. The molecule has 7 nitrogen and oxygen atoms in total. The fourth-order valence-corrected chi connectivity index (χ4v) is 3.79. The molecular formula is C16H23Cl2N5O2. The van der Waals surface area contributed by atoms with Crippen LogP contribution in [0.4, 0.5) is 0 Å². The summed E-state index contributed by atoms with van der Waals surface area (Å²) in [5.41, 5.74) is 7.14. The van der Waals surface area contributed by atoms with E-state index in [1.165, 1.54) is 12.3 Å². The van der Waals surface area contributed by atoms with Gasteiger partial charge in [-0.05, 0) is 38.4 Å². The number of piperidine rings is 1. The number of hydrogen-bond donors (Lipinski definition) is 1. The quantitative estimate of drug-likeness (QED) is 0.822. The Balaban J connectivity index is 0.00000113. The van der Waals surface area contributed by atoms with Gasteiger partial charge < -0.3 is 10.6 Å². The number of halogens is 2. The van der Waals surface area contributed by atoms with E-state index < -0.39 is 0 Å². The lowest BCUT2D eigenvalue weighted by Gasteiger charge is -2.35. The number of nitrogens with two attached hydrogens (primary N) is 1. The second kappa shape index (κ2) is 7.86. The molecule has 2 aromatic heterocycles. The van der Waals surface area contributed by atoms with E-state index in [0.717, 1.165) is 38.9 Å². The first-order valence-electron chi connectivity index (χ1n) is 8.22. The van der Waals surface area contributed by atoms with Gasteiger partial charge in [-0.1, -0.05) is 0 Å². The van der Waals surface area contributed by atoms with E-state index >= 15 is 0 Å². The molecule has 1 fully saturated rings. The molecule has 2 aliphatic rings. The van der Waals surface area contributed by atoms with E-state index in [1.807, 2.05) is 0 Å². The van der Waals surface area contributed by atoms with Crippen molar-refractivity contribution in [2.45, 2.75) is 37.9 Å². The standard InChI is InChI=1S/C16H21N5O2.2ClH/c17-11-3-6-19(7-4-11)10-12-5-8-20-14(22)2-1-13-16(20)21(12)15(23)9-18-13;;/h1-2,9,11-12H,3-8,10,17H2;2*1H/t12-;;/m0../s1. The molecular weight excluding hydrogens is 365 g/mol. The van der Waals surface area contributed by atoms with Crippen LogP contribution in [0, 0.1) is 0 Å². The molecule has 9 heteroatoms. The van der Waals surface area contributed by atoms with Crippen molar-refractivity contribution in [3.8, 4) is 0 Å². The maximum Gasteiger partial charge on any atom is 0.270 e. The molecule has 0 aromatic carbocycles. The first-order valence-corrected chi connectivity index (χ1v) is 8.22. The van der Waals surface area contributed by atoms with Gasteiger partial charge in [0.05, 0.1) is 12.2 Å². The molecule has 0 bridgehead atoms. The Kier molecular flexibility index (Phi) is 6.26. The summed E-state index contributed by atoms with van der Waals surface area (Å²) in [4.78, 5) is 31.1. The van der Waals surface area contributed by atoms with E-state index in [4.69, 9.17) is 5.73 Å². The van der Waals surface area contributed by atoms with E-state index in [9.17, 15) is 9.59 Å². The molecule has 0 saturated carbocycles. The highest BCUT2D eigenvalue weighted by atomic mass is 35.5. The summed E-state index contributed by atoms with van der Waals surface area (Å²) in [6.45, 7) is 3.42. The normalized spacial score (nSPS) is 20.8. The number of rotatable bonds is 2. The Labute approximate surface area is 157 Å². The molecule has 138 valence electrons. The third-order valence-corrected chi connectivity index (χ3v) is 5.07. The molecule has 2 aromatic rings. The van der Waals surface area contributed by atoms with Crippen LogP contribution in [0.1, 0.15) is 25.3 Å². The highest BCUT2D eigenvalue weighted by molar-refractivity contribution is 5.85. The number of aryl methyl sites for hydroxylation is 1. The lowest BCUT2D eigenvalue weighted by atomic mass is 10.0. The van der Waals surface area contributed by atoms with Crippen LogP contribution in [0.3, 0.4) is 0 Å². The van der Waals surface area contributed by atoms with Crippen LogP contribution in [0.5, 0.6) is 0 Å². The molecule has 0 amide bonds. The highest BCUT2D eigenvalue weighted by Gasteiger charge is 2.26. The summed E-state index contributed by atoms with van der Waals surface area (Å²) in [5, 5.41) is 0. The van der Waals surface area contributed by atoms with Gasteiger partial charge in [-0.3, -0.25) is 18.7 Å². The van der Waals surface area contributed by atoms with Gasteiger partial charge >= 0.3 is 0 Å². The van der Waals surface area contributed by atoms with Crippen LogP contribution in [0.25, 0.3) is 11.2 Å². The van der Waals surface area contributed by atoms with Gasteiger partial charge in [-0.2, -0.15) is 0 Å². The van der Waals surface area contributed by atoms with Crippen LogP contribution in [-0.2, 0) is 6.54 Å². The zero-order valence-corrected chi connectivity index (χ0v) is 15.5. The molecule has 0 spiro atoms. The molecule has 25 heavy (non-hydrogen) atoms. The van der Waals surface area contributed by atoms with Crippen LogP contribution in [0.2, 0.25) is 0 Å². The second-order valence-corrected chi connectivity index (χ2v) is 6.58. The third kappa shape index (κ3) is 3.60. The zero-order chi connectivity index (χ0) is 16.0. The Morgan fingerprint density at radius 1 is 1.04 bits per heavy atom. The molecule has 2 N–H and O–H groups in total. The number of pyridine rings is 1. The summed E-state index contributed by atoms with van der Waals surface area (Å²) in [7, 11) is 0. The molecule has 4 rings (SSSR count). The lowest BCUT2D eigenvalue weighted by molar-refractivity contribution is 0.174. The van der Waals surface area contributed by atoms with Crippen molar-refractivity contribution in [3.63, 3.8) is 0 Å². The summed E-state index contributed by atoms with van der Waals surface area (Å²) < 4.78 is 3.44. The fourth-order valence-electron chi connectivity index (χ4n) is 3.79. The van der Waals surface area contributed by atoms with Crippen LogP contribution in [-0.4, -0.2) is 44.7 Å². The average Bonchev–Trinajstić information content (AvgIpc) is 2.56. The van der Waals surface area contributed by atoms with Crippen LogP contribution < -0.4 is 16.9 Å². The van der Waals surface area contributed by atoms with Crippen molar-refractivity contribution in [1.82, 2.24) is 19.0 Å². The first-order chi connectivity index (χ1) is 11.1. The summed E-state index contributed by atoms with van der Waals surface area (Å²) in [6.07, 6.45) is 4.16. The monoisotopic (exact) mass is 387 g/mol. The number of nitrogens with zero attached hydrogens (tertiary/aromatic N) is 4. The van der Waals surface area contributed by atoms with Gasteiger partial charge in [0.25, 0.3) is 11.1 Å². The van der Waals surface area contributed by atoms with E-state index in [1.54, 1.807) is 15.2 Å². The predicted molar refractivity (Wildman–Crippen MR) is 102 cm³/mol. The topological polar surface area (TPSA) is 86.2 Å². The average molecular weight is 388 g/mol. The molecule has 1 atom stereocenters. The van der Waals surface area contributed by atoms with E-state index in [2.05, 4.69) is 9.88 Å². The van der Waals surface area contributed by atoms with Gasteiger partial charge in [0.1, 0.15) is 11.2 Å². The zero-order valence-electron chi connectivity index (χ0n) is 13.8. The minimum atomic E-state index is -0.129. The van der Waals surface area contributed by atoms with Crippen molar-refractivity contribution >= 4 is 36.0 Å². The highest BCUT2D eigenvalue weighted by Crippen LogP contribution is 2.24. The van der Waals surface area contributed by atoms with Gasteiger partial charge in [0.15, 0.2) is 0 Å². The fraction of sp³-hybridized carbons (Fsp3) is 0.562. The SMILES string of the molecule is Cl.Cl.NC1CCN(C[C@@H]2CCn3c(=O)ccc4ncc(=O)n2c43)CC1. The van der Waals surface area contributed by atoms with Crippen molar-refractivity contribution in [2.24, 2.45) is 5.73 Å². The van der Waals surface area contributed by atoms with Crippen molar-refractivity contribution < 1.29 is 0 Å². The van der Waals surface area contributed by atoms with Crippen molar-refractivity contribution in [3.05, 3.63) is 39.0 Å². The molecule has 0 aliphatic carbocycles. The Morgan fingerprint density at radius 3 is 2.48 bits per heavy atom.